The second-order valence-electron chi connectivity index (χ2n) is 2.66. The standard InChI is InChI=1S/C7H10O6S/c8-4(9)2-1-3(6(10)11)5(14)7(12)13/h3,5,14H,1-2H2,(H,8,9)(H,10,11)(H,12,13). The molecule has 0 aliphatic heterocycles. The molecule has 7 heteroatoms. The third kappa shape index (κ3) is 4.13. The number of aliphatic carboxylic acids is 3. The molecule has 0 fully saturated rings. The van der Waals surface area contributed by atoms with E-state index in [1.165, 1.54) is 0 Å². The molecule has 0 saturated carbocycles. The summed E-state index contributed by atoms with van der Waals surface area (Å²) in [6.45, 7) is 0. The van der Waals surface area contributed by atoms with E-state index in [4.69, 9.17) is 15.3 Å². The molecule has 80 valence electrons. The fourth-order valence-electron chi connectivity index (χ4n) is 0.867. The third-order valence-corrected chi connectivity index (χ3v) is 2.20. The molecule has 0 radical (unpaired) electrons. The van der Waals surface area contributed by atoms with Gasteiger partial charge in [-0.2, -0.15) is 12.6 Å². The molecule has 2 atom stereocenters. The Morgan fingerprint density at radius 1 is 1.07 bits per heavy atom. The van der Waals surface area contributed by atoms with Crippen LogP contribution in [0.4, 0.5) is 0 Å². The van der Waals surface area contributed by atoms with Crippen LogP contribution >= 0.6 is 12.6 Å². The topological polar surface area (TPSA) is 112 Å². The summed E-state index contributed by atoms with van der Waals surface area (Å²) in [6, 6.07) is 0. The van der Waals surface area contributed by atoms with E-state index in [-0.39, 0.29) is 12.8 Å². The number of carboxylic acid groups (broad SMARTS) is 3. The van der Waals surface area contributed by atoms with E-state index in [0.717, 1.165) is 0 Å². The molecule has 0 amide bonds. The van der Waals surface area contributed by atoms with Crippen molar-refractivity contribution in [1.29, 1.82) is 0 Å². The Hall–Kier alpha value is -1.24. The fourth-order valence-corrected chi connectivity index (χ4v) is 1.14. The molecule has 0 rings (SSSR count). The molecular formula is C7H10O6S. The summed E-state index contributed by atoms with van der Waals surface area (Å²) in [5, 5.41) is 24.0. The minimum Gasteiger partial charge on any atom is -0.481 e. The lowest BCUT2D eigenvalue weighted by Gasteiger charge is -2.14. The van der Waals surface area contributed by atoms with Gasteiger partial charge in [0.05, 0.1) is 5.92 Å². The normalized spacial score (nSPS) is 14.4. The van der Waals surface area contributed by atoms with E-state index in [1.807, 2.05) is 0 Å². The van der Waals surface area contributed by atoms with Crippen LogP contribution in [0.15, 0.2) is 0 Å². The van der Waals surface area contributed by atoms with Gasteiger partial charge in [-0.25, -0.2) is 0 Å². The Bertz CT molecular complexity index is 251. The highest BCUT2D eigenvalue weighted by Crippen LogP contribution is 2.17. The van der Waals surface area contributed by atoms with Gasteiger partial charge in [0.1, 0.15) is 5.25 Å². The van der Waals surface area contributed by atoms with Crippen LogP contribution in [0.5, 0.6) is 0 Å². The monoisotopic (exact) mass is 222 g/mol. The molecule has 0 spiro atoms. The Morgan fingerprint density at radius 3 is 1.86 bits per heavy atom. The van der Waals surface area contributed by atoms with Gasteiger partial charge < -0.3 is 15.3 Å². The van der Waals surface area contributed by atoms with Crippen molar-refractivity contribution in [2.75, 3.05) is 0 Å². The van der Waals surface area contributed by atoms with Gasteiger partial charge in [0.15, 0.2) is 0 Å². The predicted octanol–water partition coefficient (Wildman–Crippen LogP) is -0.0650. The minimum absolute atomic E-state index is 0.245. The Balaban J connectivity index is 4.37. The van der Waals surface area contributed by atoms with Crippen molar-refractivity contribution in [3.8, 4) is 0 Å². The lowest BCUT2D eigenvalue weighted by atomic mass is 9.99. The SMILES string of the molecule is O=C(O)CCC(C(=O)O)C(S)C(=O)O. The molecule has 2 unspecified atom stereocenters. The predicted molar refractivity (Wildman–Crippen MR) is 48.4 cm³/mol. The molecular weight excluding hydrogens is 212 g/mol. The summed E-state index contributed by atoms with van der Waals surface area (Å²) in [6.07, 6.45) is -0.632. The van der Waals surface area contributed by atoms with E-state index in [1.54, 1.807) is 0 Å². The highest BCUT2D eigenvalue weighted by atomic mass is 32.1. The molecule has 0 aromatic carbocycles. The second-order valence-corrected chi connectivity index (χ2v) is 3.22. The zero-order valence-corrected chi connectivity index (χ0v) is 7.98. The first kappa shape index (κ1) is 12.8. The lowest BCUT2D eigenvalue weighted by molar-refractivity contribution is -0.148. The van der Waals surface area contributed by atoms with Crippen LogP contribution in [0.3, 0.4) is 0 Å². The summed E-state index contributed by atoms with van der Waals surface area (Å²) in [5.41, 5.74) is 0. The van der Waals surface area contributed by atoms with Crippen molar-refractivity contribution in [3.63, 3.8) is 0 Å². The van der Waals surface area contributed by atoms with E-state index < -0.39 is 29.1 Å². The molecule has 6 nitrogen and oxygen atoms in total. The maximum absolute atomic E-state index is 10.6. The van der Waals surface area contributed by atoms with Crippen molar-refractivity contribution < 1.29 is 29.7 Å². The van der Waals surface area contributed by atoms with Crippen molar-refractivity contribution in [2.24, 2.45) is 5.92 Å². The van der Waals surface area contributed by atoms with Gasteiger partial charge in [0, 0.05) is 6.42 Å². The lowest BCUT2D eigenvalue weighted by Crippen LogP contribution is -2.31. The average molecular weight is 222 g/mol. The number of hydrogen-bond donors (Lipinski definition) is 4. The number of rotatable bonds is 6. The van der Waals surface area contributed by atoms with Gasteiger partial charge in [-0.3, -0.25) is 14.4 Å². The summed E-state index contributed by atoms with van der Waals surface area (Å²) in [4.78, 5) is 31.1. The third-order valence-electron chi connectivity index (χ3n) is 1.62. The number of hydrogen-bond acceptors (Lipinski definition) is 4. The van der Waals surface area contributed by atoms with Crippen LogP contribution in [0.2, 0.25) is 0 Å². The first-order valence-electron chi connectivity index (χ1n) is 3.71. The molecule has 3 N–H and O–H groups in total. The van der Waals surface area contributed by atoms with E-state index in [2.05, 4.69) is 12.6 Å². The smallest absolute Gasteiger partial charge is 0.317 e. The molecule has 0 aliphatic carbocycles. The van der Waals surface area contributed by atoms with Gasteiger partial charge in [0.2, 0.25) is 0 Å². The summed E-state index contributed by atoms with van der Waals surface area (Å²) in [5.74, 6) is -5.17. The van der Waals surface area contributed by atoms with Crippen molar-refractivity contribution in [1.82, 2.24) is 0 Å². The van der Waals surface area contributed by atoms with Crippen LogP contribution in [-0.2, 0) is 14.4 Å². The summed E-state index contributed by atoms with van der Waals surface area (Å²) in [7, 11) is 0. The Labute approximate surface area is 85.0 Å². The molecule has 0 saturated heterocycles. The highest BCUT2D eigenvalue weighted by Gasteiger charge is 2.30. The summed E-state index contributed by atoms with van der Waals surface area (Å²) >= 11 is 3.59. The molecule has 0 aliphatic rings. The number of carboxylic acids is 3. The average Bonchev–Trinajstić information content (AvgIpc) is 2.02. The van der Waals surface area contributed by atoms with Crippen molar-refractivity contribution in [3.05, 3.63) is 0 Å². The Morgan fingerprint density at radius 2 is 1.57 bits per heavy atom. The molecule has 0 heterocycles. The van der Waals surface area contributed by atoms with Gasteiger partial charge in [0.25, 0.3) is 0 Å². The maximum Gasteiger partial charge on any atom is 0.317 e. The molecule has 0 aromatic heterocycles. The van der Waals surface area contributed by atoms with Crippen LogP contribution in [0.1, 0.15) is 12.8 Å². The van der Waals surface area contributed by atoms with Crippen LogP contribution < -0.4 is 0 Å². The molecule has 0 aromatic rings. The van der Waals surface area contributed by atoms with Crippen LogP contribution in [-0.4, -0.2) is 38.5 Å². The zero-order valence-electron chi connectivity index (χ0n) is 7.08. The van der Waals surface area contributed by atoms with Gasteiger partial charge in [-0.05, 0) is 6.42 Å². The first-order chi connectivity index (χ1) is 6.36. The van der Waals surface area contributed by atoms with Crippen molar-refractivity contribution in [2.45, 2.75) is 18.1 Å². The first-order valence-corrected chi connectivity index (χ1v) is 4.23. The molecule has 14 heavy (non-hydrogen) atoms. The number of thiol groups is 1. The van der Waals surface area contributed by atoms with Gasteiger partial charge in [-0.15, -0.1) is 0 Å². The quantitative estimate of drug-likeness (QED) is 0.468. The van der Waals surface area contributed by atoms with Crippen LogP contribution in [0.25, 0.3) is 0 Å². The van der Waals surface area contributed by atoms with E-state index >= 15 is 0 Å². The molecule has 0 bridgehead atoms. The minimum atomic E-state index is -1.38. The highest BCUT2D eigenvalue weighted by molar-refractivity contribution is 7.81. The van der Waals surface area contributed by atoms with Crippen molar-refractivity contribution >= 4 is 30.5 Å². The summed E-state index contributed by atoms with van der Waals surface area (Å²) < 4.78 is 0. The van der Waals surface area contributed by atoms with Crippen LogP contribution in [0, 0.1) is 5.92 Å². The van der Waals surface area contributed by atoms with Gasteiger partial charge in [-0.1, -0.05) is 0 Å². The van der Waals surface area contributed by atoms with E-state index in [9.17, 15) is 14.4 Å². The fraction of sp³-hybridized carbons (Fsp3) is 0.571. The number of carbonyl (C=O) groups is 3. The Kier molecular flexibility index (Phi) is 5.00. The van der Waals surface area contributed by atoms with E-state index in [0.29, 0.717) is 0 Å². The maximum atomic E-state index is 10.6. The zero-order chi connectivity index (χ0) is 11.3. The second kappa shape index (κ2) is 5.48. The van der Waals surface area contributed by atoms with Gasteiger partial charge >= 0.3 is 17.9 Å². The largest absolute Gasteiger partial charge is 0.481 e.